The lowest BCUT2D eigenvalue weighted by atomic mass is 10.2. The molecule has 0 saturated carbocycles. The van der Waals surface area contributed by atoms with E-state index in [2.05, 4.69) is 19.2 Å². The molecule has 0 spiro atoms. The molecule has 2 aromatic carbocycles. The third-order valence-electron chi connectivity index (χ3n) is 3.17. The molecule has 2 aromatic rings. The van der Waals surface area contributed by atoms with Crippen LogP contribution in [0.1, 0.15) is 25.0 Å². The molecule has 0 aliphatic carbocycles. The maximum atomic E-state index is 6.31. The van der Waals surface area contributed by atoms with Crippen LogP contribution in [0.2, 0.25) is 10.0 Å². The van der Waals surface area contributed by atoms with Gasteiger partial charge in [0.25, 0.3) is 0 Å². The molecule has 0 heterocycles. The van der Waals surface area contributed by atoms with Crippen molar-refractivity contribution in [1.29, 1.82) is 0 Å². The Bertz CT molecular complexity index is 576. The summed E-state index contributed by atoms with van der Waals surface area (Å²) in [5.74, 6) is 1.15. The minimum Gasteiger partial charge on any atom is -0.486 e. The number of nitrogens with one attached hydrogen (secondary N) is 1. The first-order valence-corrected chi connectivity index (χ1v) is 8.17. The smallest absolute Gasteiger partial charge is 0.156 e. The Kier molecular flexibility index (Phi) is 6.56. The van der Waals surface area contributed by atoms with Gasteiger partial charge in [0.1, 0.15) is 6.61 Å². The van der Waals surface area contributed by atoms with E-state index in [1.165, 1.54) is 0 Å². The molecule has 1 N–H and O–H groups in total. The van der Waals surface area contributed by atoms with Crippen molar-refractivity contribution in [2.45, 2.75) is 27.0 Å². The number of benzene rings is 2. The molecule has 0 aliphatic rings. The zero-order valence-corrected chi connectivity index (χ0v) is 14.4. The first kappa shape index (κ1) is 17.1. The summed E-state index contributed by atoms with van der Waals surface area (Å²) in [7, 11) is 0. The molecule has 0 radical (unpaired) electrons. The molecule has 0 aliphatic heterocycles. The Labute approximate surface area is 142 Å². The van der Waals surface area contributed by atoms with Gasteiger partial charge in [-0.05, 0) is 35.7 Å². The van der Waals surface area contributed by atoms with Crippen LogP contribution in [0.3, 0.4) is 0 Å². The normalized spacial score (nSPS) is 11.0. The first-order valence-electron chi connectivity index (χ1n) is 7.41. The van der Waals surface area contributed by atoms with Crippen LogP contribution >= 0.6 is 23.2 Å². The van der Waals surface area contributed by atoms with Gasteiger partial charge in [0.15, 0.2) is 5.75 Å². The average Bonchev–Trinajstić information content (AvgIpc) is 2.47. The Morgan fingerprint density at radius 1 is 1.00 bits per heavy atom. The fourth-order valence-corrected chi connectivity index (χ4v) is 2.73. The van der Waals surface area contributed by atoms with Crippen LogP contribution in [0.4, 0.5) is 0 Å². The third-order valence-corrected chi connectivity index (χ3v) is 3.73. The lowest BCUT2D eigenvalue weighted by Gasteiger charge is -2.13. The SMILES string of the molecule is CC(C)CNCc1cc(Cl)c(OCc2ccccc2)c(Cl)c1. The van der Waals surface area contributed by atoms with Gasteiger partial charge in [-0.3, -0.25) is 0 Å². The molecule has 22 heavy (non-hydrogen) atoms. The predicted octanol–water partition coefficient (Wildman–Crippen LogP) is 5.32. The summed E-state index contributed by atoms with van der Waals surface area (Å²) in [6.07, 6.45) is 0. The van der Waals surface area contributed by atoms with Crippen LogP contribution in [-0.2, 0) is 13.2 Å². The van der Waals surface area contributed by atoms with E-state index in [0.29, 0.717) is 28.3 Å². The molecular formula is C18H21Cl2NO. The summed E-state index contributed by atoms with van der Waals surface area (Å²) in [5, 5.41) is 4.47. The van der Waals surface area contributed by atoms with E-state index in [9.17, 15) is 0 Å². The van der Waals surface area contributed by atoms with Crippen molar-refractivity contribution in [1.82, 2.24) is 5.32 Å². The van der Waals surface area contributed by atoms with Crippen molar-refractivity contribution >= 4 is 23.2 Å². The fraction of sp³-hybridized carbons (Fsp3) is 0.333. The maximum Gasteiger partial charge on any atom is 0.156 e. The van der Waals surface area contributed by atoms with Gasteiger partial charge in [0.05, 0.1) is 10.0 Å². The van der Waals surface area contributed by atoms with E-state index in [1.807, 2.05) is 42.5 Å². The molecule has 118 valence electrons. The standard InChI is InChI=1S/C18H21Cl2NO/c1-13(2)10-21-11-15-8-16(19)18(17(20)9-15)22-12-14-6-4-3-5-7-14/h3-9,13,21H,10-12H2,1-2H3. The Morgan fingerprint density at radius 3 is 2.23 bits per heavy atom. The molecule has 0 saturated heterocycles. The lowest BCUT2D eigenvalue weighted by molar-refractivity contribution is 0.306. The minimum atomic E-state index is 0.450. The summed E-state index contributed by atoms with van der Waals surface area (Å²) in [6.45, 7) is 6.50. The summed E-state index contributed by atoms with van der Waals surface area (Å²) in [6, 6.07) is 13.7. The van der Waals surface area contributed by atoms with Crippen molar-refractivity contribution in [3.8, 4) is 5.75 Å². The van der Waals surface area contributed by atoms with E-state index < -0.39 is 0 Å². The molecule has 2 rings (SSSR count). The van der Waals surface area contributed by atoms with Crippen LogP contribution in [-0.4, -0.2) is 6.54 Å². The summed E-state index contributed by atoms with van der Waals surface area (Å²) in [5.41, 5.74) is 2.14. The Hall–Kier alpha value is -1.22. The van der Waals surface area contributed by atoms with E-state index in [-0.39, 0.29) is 0 Å². The van der Waals surface area contributed by atoms with Crippen LogP contribution in [0.15, 0.2) is 42.5 Å². The molecular weight excluding hydrogens is 317 g/mol. The molecule has 0 bridgehead atoms. The second-order valence-electron chi connectivity index (χ2n) is 5.69. The lowest BCUT2D eigenvalue weighted by Crippen LogP contribution is -2.18. The first-order chi connectivity index (χ1) is 10.6. The number of halogens is 2. The quantitative estimate of drug-likeness (QED) is 0.738. The highest BCUT2D eigenvalue weighted by molar-refractivity contribution is 6.37. The monoisotopic (exact) mass is 337 g/mol. The van der Waals surface area contributed by atoms with Crippen LogP contribution in [0.5, 0.6) is 5.75 Å². The molecule has 0 aromatic heterocycles. The largest absolute Gasteiger partial charge is 0.486 e. The highest BCUT2D eigenvalue weighted by Crippen LogP contribution is 2.34. The predicted molar refractivity (Wildman–Crippen MR) is 93.8 cm³/mol. The third kappa shape index (κ3) is 5.20. The van der Waals surface area contributed by atoms with Gasteiger partial charge in [-0.15, -0.1) is 0 Å². The molecule has 0 unspecified atom stereocenters. The number of hydrogen-bond acceptors (Lipinski definition) is 2. The molecule has 2 nitrogen and oxygen atoms in total. The highest BCUT2D eigenvalue weighted by Gasteiger charge is 2.10. The van der Waals surface area contributed by atoms with Crippen LogP contribution in [0.25, 0.3) is 0 Å². The van der Waals surface area contributed by atoms with E-state index in [0.717, 1.165) is 24.2 Å². The van der Waals surface area contributed by atoms with Gasteiger partial charge in [-0.1, -0.05) is 67.4 Å². The molecule has 0 amide bonds. The van der Waals surface area contributed by atoms with Crippen molar-refractivity contribution in [3.63, 3.8) is 0 Å². The second-order valence-corrected chi connectivity index (χ2v) is 6.50. The van der Waals surface area contributed by atoms with E-state index >= 15 is 0 Å². The molecule has 4 heteroatoms. The summed E-state index contributed by atoms with van der Waals surface area (Å²) in [4.78, 5) is 0. The second kappa shape index (κ2) is 8.42. The zero-order chi connectivity index (χ0) is 15.9. The van der Waals surface area contributed by atoms with Gasteiger partial charge in [-0.2, -0.15) is 0 Å². The van der Waals surface area contributed by atoms with Crippen molar-refractivity contribution < 1.29 is 4.74 Å². The number of ether oxygens (including phenoxy) is 1. The highest BCUT2D eigenvalue weighted by atomic mass is 35.5. The van der Waals surface area contributed by atoms with Crippen molar-refractivity contribution in [2.24, 2.45) is 5.92 Å². The maximum absolute atomic E-state index is 6.31. The summed E-state index contributed by atoms with van der Waals surface area (Å²) < 4.78 is 5.77. The zero-order valence-electron chi connectivity index (χ0n) is 12.9. The van der Waals surface area contributed by atoms with Gasteiger partial charge in [0, 0.05) is 6.54 Å². The van der Waals surface area contributed by atoms with Gasteiger partial charge >= 0.3 is 0 Å². The number of hydrogen-bond donors (Lipinski definition) is 1. The van der Waals surface area contributed by atoms with Crippen molar-refractivity contribution in [2.75, 3.05) is 6.54 Å². The topological polar surface area (TPSA) is 21.3 Å². The molecule has 0 atom stereocenters. The molecule has 0 fully saturated rings. The summed E-state index contributed by atoms with van der Waals surface area (Å²) >= 11 is 12.6. The van der Waals surface area contributed by atoms with Gasteiger partial charge < -0.3 is 10.1 Å². The van der Waals surface area contributed by atoms with Gasteiger partial charge in [0.2, 0.25) is 0 Å². The van der Waals surface area contributed by atoms with Crippen LogP contribution in [0, 0.1) is 5.92 Å². The van der Waals surface area contributed by atoms with E-state index in [1.54, 1.807) is 0 Å². The van der Waals surface area contributed by atoms with Gasteiger partial charge in [-0.25, -0.2) is 0 Å². The average molecular weight is 338 g/mol. The Morgan fingerprint density at radius 2 is 1.64 bits per heavy atom. The fourth-order valence-electron chi connectivity index (χ4n) is 2.09. The van der Waals surface area contributed by atoms with E-state index in [4.69, 9.17) is 27.9 Å². The van der Waals surface area contributed by atoms with Crippen molar-refractivity contribution in [3.05, 3.63) is 63.6 Å². The number of rotatable bonds is 7. The Balaban J connectivity index is 2.00. The van der Waals surface area contributed by atoms with Crippen LogP contribution < -0.4 is 10.1 Å². The minimum absolute atomic E-state index is 0.450.